The molecule has 0 aliphatic heterocycles. The Hall–Kier alpha value is -2.08. The Morgan fingerprint density at radius 3 is 2.90 bits per heavy atom. The molecule has 6 heteroatoms. The SMILES string of the molecule is COc1ccncc1NCc1c(C)nn(CCO)c1C. The Balaban J connectivity index is 2.15. The maximum atomic E-state index is 9.02. The van der Waals surface area contributed by atoms with Gasteiger partial charge in [0.1, 0.15) is 5.75 Å². The zero-order valence-electron chi connectivity index (χ0n) is 12.1. The Labute approximate surface area is 118 Å². The quantitative estimate of drug-likeness (QED) is 0.836. The smallest absolute Gasteiger partial charge is 0.145 e. The van der Waals surface area contributed by atoms with E-state index in [1.807, 2.05) is 24.6 Å². The third-order valence-corrected chi connectivity index (χ3v) is 3.30. The van der Waals surface area contributed by atoms with Gasteiger partial charge in [-0.15, -0.1) is 0 Å². The van der Waals surface area contributed by atoms with Crippen LogP contribution in [0.2, 0.25) is 0 Å². The molecule has 0 aliphatic carbocycles. The van der Waals surface area contributed by atoms with E-state index in [0.717, 1.165) is 28.4 Å². The first-order valence-corrected chi connectivity index (χ1v) is 6.53. The van der Waals surface area contributed by atoms with Crippen LogP contribution in [0.4, 0.5) is 5.69 Å². The fourth-order valence-electron chi connectivity index (χ4n) is 2.18. The number of nitrogens with one attached hydrogen (secondary N) is 1. The number of aromatic nitrogens is 3. The van der Waals surface area contributed by atoms with Gasteiger partial charge in [-0.25, -0.2) is 0 Å². The topological polar surface area (TPSA) is 72.2 Å². The molecule has 0 fully saturated rings. The zero-order valence-corrected chi connectivity index (χ0v) is 12.1. The summed E-state index contributed by atoms with van der Waals surface area (Å²) >= 11 is 0. The van der Waals surface area contributed by atoms with Gasteiger partial charge in [0.05, 0.1) is 37.8 Å². The van der Waals surface area contributed by atoms with E-state index in [9.17, 15) is 0 Å². The van der Waals surface area contributed by atoms with Gasteiger partial charge in [0, 0.05) is 30.1 Å². The second kappa shape index (κ2) is 6.38. The fourth-order valence-corrected chi connectivity index (χ4v) is 2.18. The summed E-state index contributed by atoms with van der Waals surface area (Å²) in [6.07, 6.45) is 3.43. The van der Waals surface area contributed by atoms with Gasteiger partial charge < -0.3 is 15.2 Å². The molecule has 108 valence electrons. The van der Waals surface area contributed by atoms with Crippen LogP contribution in [0.3, 0.4) is 0 Å². The summed E-state index contributed by atoms with van der Waals surface area (Å²) in [6, 6.07) is 1.82. The number of anilines is 1. The molecule has 0 radical (unpaired) electrons. The monoisotopic (exact) mass is 276 g/mol. The van der Waals surface area contributed by atoms with E-state index >= 15 is 0 Å². The zero-order chi connectivity index (χ0) is 14.5. The van der Waals surface area contributed by atoms with Crippen molar-refractivity contribution in [1.29, 1.82) is 0 Å². The molecule has 0 atom stereocenters. The predicted octanol–water partition coefficient (Wildman–Crippen LogP) is 1.51. The lowest BCUT2D eigenvalue weighted by molar-refractivity contribution is 0.268. The number of hydrogen-bond acceptors (Lipinski definition) is 5. The highest BCUT2D eigenvalue weighted by atomic mass is 16.5. The van der Waals surface area contributed by atoms with Crippen LogP contribution in [0.25, 0.3) is 0 Å². The molecule has 0 aliphatic rings. The molecule has 2 rings (SSSR count). The number of rotatable bonds is 6. The van der Waals surface area contributed by atoms with Crippen molar-refractivity contribution in [2.45, 2.75) is 26.9 Å². The Morgan fingerprint density at radius 2 is 2.20 bits per heavy atom. The van der Waals surface area contributed by atoms with Gasteiger partial charge in [-0.2, -0.15) is 5.10 Å². The summed E-state index contributed by atoms with van der Waals surface area (Å²) in [4.78, 5) is 4.09. The molecule has 0 saturated carbocycles. The molecule has 2 heterocycles. The number of ether oxygens (including phenoxy) is 1. The number of pyridine rings is 1. The van der Waals surface area contributed by atoms with Crippen molar-refractivity contribution in [1.82, 2.24) is 14.8 Å². The van der Waals surface area contributed by atoms with Crippen molar-refractivity contribution in [2.24, 2.45) is 0 Å². The summed E-state index contributed by atoms with van der Waals surface area (Å²) < 4.78 is 7.11. The van der Waals surface area contributed by atoms with Crippen LogP contribution in [0.15, 0.2) is 18.5 Å². The molecule has 0 bridgehead atoms. The van der Waals surface area contributed by atoms with Crippen LogP contribution in [-0.2, 0) is 13.1 Å². The number of aliphatic hydroxyl groups is 1. The van der Waals surface area contributed by atoms with E-state index in [4.69, 9.17) is 9.84 Å². The minimum atomic E-state index is 0.0885. The van der Waals surface area contributed by atoms with Gasteiger partial charge in [-0.1, -0.05) is 0 Å². The summed E-state index contributed by atoms with van der Waals surface area (Å²) in [5.41, 5.74) is 4.01. The molecular weight excluding hydrogens is 256 g/mol. The average Bonchev–Trinajstić information content (AvgIpc) is 2.72. The Kier molecular flexibility index (Phi) is 4.57. The summed E-state index contributed by atoms with van der Waals surface area (Å²) in [5, 5.41) is 16.8. The number of methoxy groups -OCH3 is 1. The minimum Gasteiger partial charge on any atom is -0.494 e. The van der Waals surface area contributed by atoms with Crippen molar-refractivity contribution < 1.29 is 9.84 Å². The average molecular weight is 276 g/mol. The summed E-state index contributed by atoms with van der Waals surface area (Å²) in [7, 11) is 1.64. The number of hydrogen-bond donors (Lipinski definition) is 2. The van der Waals surface area contributed by atoms with Crippen LogP contribution in [-0.4, -0.2) is 33.6 Å². The first-order chi connectivity index (χ1) is 9.67. The maximum absolute atomic E-state index is 9.02. The lowest BCUT2D eigenvalue weighted by Gasteiger charge is -2.10. The minimum absolute atomic E-state index is 0.0885. The number of aliphatic hydroxyl groups excluding tert-OH is 1. The van der Waals surface area contributed by atoms with Crippen molar-refractivity contribution in [3.05, 3.63) is 35.4 Å². The van der Waals surface area contributed by atoms with Crippen molar-refractivity contribution in [3.63, 3.8) is 0 Å². The lowest BCUT2D eigenvalue weighted by Crippen LogP contribution is -2.07. The van der Waals surface area contributed by atoms with Gasteiger partial charge in [-0.05, 0) is 13.8 Å². The second-order valence-electron chi connectivity index (χ2n) is 4.53. The number of nitrogens with zero attached hydrogens (tertiary/aromatic N) is 3. The van der Waals surface area contributed by atoms with Crippen LogP contribution in [0, 0.1) is 13.8 Å². The van der Waals surface area contributed by atoms with E-state index in [1.54, 1.807) is 19.5 Å². The van der Waals surface area contributed by atoms with Gasteiger partial charge in [0.15, 0.2) is 0 Å². The Bertz CT molecular complexity index is 581. The van der Waals surface area contributed by atoms with Crippen molar-refractivity contribution in [3.8, 4) is 5.75 Å². The molecular formula is C14H20N4O2. The molecule has 2 N–H and O–H groups in total. The lowest BCUT2D eigenvalue weighted by atomic mass is 10.2. The third kappa shape index (κ3) is 2.91. The first kappa shape index (κ1) is 14.3. The normalized spacial score (nSPS) is 10.6. The van der Waals surface area contributed by atoms with Gasteiger partial charge in [0.25, 0.3) is 0 Å². The highest BCUT2D eigenvalue weighted by molar-refractivity contribution is 5.54. The molecule has 0 saturated heterocycles. The van der Waals surface area contributed by atoms with Crippen molar-refractivity contribution in [2.75, 3.05) is 19.0 Å². The fraction of sp³-hybridized carbons (Fsp3) is 0.429. The first-order valence-electron chi connectivity index (χ1n) is 6.53. The van der Waals surface area contributed by atoms with Crippen LogP contribution < -0.4 is 10.1 Å². The largest absolute Gasteiger partial charge is 0.494 e. The molecule has 2 aromatic rings. The van der Waals surface area contributed by atoms with E-state index in [-0.39, 0.29) is 6.61 Å². The molecule has 6 nitrogen and oxygen atoms in total. The van der Waals surface area contributed by atoms with Crippen LogP contribution in [0.1, 0.15) is 17.0 Å². The van der Waals surface area contributed by atoms with E-state index in [2.05, 4.69) is 15.4 Å². The highest BCUT2D eigenvalue weighted by Crippen LogP contribution is 2.23. The standard InChI is InChI=1S/C14H20N4O2/c1-10-12(11(2)18(17-10)6-7-19)8-16-13-9-15-5-4-14(13)20-3/h4-5,9,16,19H,6-8H2,1-3H3. The van der Waals surface area contributed by atoms with E-state index in [0.29, 0.717) is 13.1 Å². The number of aryl methyl sites for hydroxylation is 1. The van der Waals surface area contributed by atoms with Crippen LogP contribution in [0.5, 0.6) is 5.75 Å². The molecule has 0 unspecified atom stereocenters. The molecule has 2 aromatic heterocycles. The maximum Gasteiger partial charge on any atom is 0.145 e. The Morgan fingerprint density at radius 1 is 1.40 bits per heavy atom. The summed E-state index contributed by atoms with van der Waals surface area (Å²) in [5.74, 6) is 0.762. The van der Waals surface area contributed by atoms with Gasteiger partial charge in [-0.3, -0.25) is 9.67 Å². The highest BCUT2D eigenvalue weighted by Gasteiger charge is 2.11. The predicted molar refractivity (Wildman–Crippen MR) is 76.9 cm³/mol. The molecule has 20 heavy (non-hydrogen) atoms. The second-order valence-corrected chi connectivity index (χ2v) is 4.53. The van der Waals surface area contributed by atoms with Gasteiger partial charge in [0.2, 0.25) is 0 Å². The van der Waals surface area contributed by atoms with E-state index < -0.39 is 0 Å². The van der Waals surface area contributed by atoms with E-state index in [1.165, 1.54) is 0 Å². The molecule has 0 amide bonds. The van der Waals surface area contributed by atoms with Crippen LogP contribution >= 0.6 is 0 Å². The van der Waals surface area contributed by atoms with Gasteiger partial charge >= 0.3 is 0 Å². The summed E-state index contributed by atoms with van der Waals surface area (Å²) in [6.45, 7) is 5.23. The third-order valence-electron chi connectivity index (χ3n) is 3.30. The molecule has 0 aromatic carbocycles. The molecule has 0 spiro atoms. The van der Waals surface area contributed by atoms with Crippen molar-refractivity contribution >= 4 is 5.69 Å².